The van der Waals surface area contributed by atoms with E-state index in [2.05, 4.69) is 10.1 Å². The highest BCUT2D eigenvalue weighted by Crippen LogP contribution is 2.21. The molecule has 1 amide bonds. The lowest BCUT2D eigenvalue weighted by Gasteiger charge is -2.24. The molecule has 1 unspecified atom stereocenters. The number of nitrogens with two attached hydrogens (primary N) is 1. The summed E-state index contributed by atoms with van der Waals surface area (Å²) in [6, 6.07) is 0.0160. The van der Waals surface area contributed by atoms with E-state index in [0.29, 0.717) is 30.4 Å². The molecule has 23 heavy (non-hydrogen) atoms. The first-order valence-corrected chi connectivity index (χ1v) is 7.78. The van der Waals surface area contributed by atoms with Gasteiger partial charge in [0.25, 0.3) is 5.56 Å². The van der Waals surface area contributed by atoms with E-state index in [1.807, 2.05) is 20.8 Å². The number of hydrogen-bond donors (Lipinski definition) is 2. The molecule has 0 aliphatic heterocycles. The second-order valence-electron chi connectivity index (χ2n) is 6.09. The topological polar surface area (TPSA) is 97.0 Å². The van der Waals surface area contributed by atoms with Gasteiger partial charge in [0.2, 0.25) is 5.91 Å². The Kier molecular flexibility index (Phi) is 4.89. The number of nitrogens with one attached hydrogen (secondary N) is 1. The van der Waals surface area contributed by atoms with Gasteiger partial charge in [-0.25, -0.2) is 4.98 Å². The van der Waals surface area contributed by atoms with Crippen molar-refractivity contribution in [2.24, 2.45) is 12.8 Å². The second kappa shape index (κ2) is 6.54. The molecule has 126 valence electrons. The number of aromatic nitrogens is 3. The number of fused-ring (bicyclic) bond motifs is 1. The van der Waals surface area contributed by atoms with Crippen molar-refractivity contribution in [1.82, 2.24) is 19.7 Å². The van der Waals surface area contributed by atoms with Crippen LogP contribution in [0.25, 0.3) is 11.0 Å². The van der Waals surface area contributed by atoms with Gasteiger partial charge in [0.15, 0.2) is 5.65 Å². The van der Waals surface area contributed by atoms with Crippen LogP contribution < -0.4 is 11.3 Å². The van der Waals surface area contributed by atoms with Crippen molar-refractivity contribution < 1.29 is 4.79 Å². The third kappa shape index (κ3) is 3.14. The number of aryl methyl sites for hydroxylation is 3. The molecule has 7 heteroatoms. The van der Waals surface area contributed by atoms with Gasteiger partial charge in [0, 0.05) is 38.8 Å². The molecule has 0 aromatic carbocycles. The summed E-state index contributed by atoms with van der Waals surface area (Å²) >= 11 is 0. The first-order chi connectivity index (χ1) is 10.8. The first-order valence-electron chi connectivity index (χ1n) is 7.78. The molecule has 0 aliphatic carbocycles. The molecular weight excluding hydrogens is 294 g/mol. The van der Waals surface area contributed by atoms with E-state index < -0.39 is 0 Å². The molecule has 3 N–H and O–H groups in total. The Bertz CT molecular complexity index is 790. The monoisotopic (exact) mass is 319 g/mol. The van der Waals surface area contributed by atoms with E-state index in [1.165, 1.54) is 0 Å². The number of aromatic amines is 1. The van der Waals surface area contributed by atoms with E-state index in [9.17, 15) is 9.59 Å². The van der Waals surface area contributed by atoms with E-state index in [-0.39, 0.29) is 17.5 Å². The molecule has 2 rings (SSSR count). The van der Waals surface area contributed by atoms with E-state index in [1.54, 1.807) is 23.7 Å². The predicted molar refractivity (Wildman–Crippen MR) is 90.4 cm³/mol. The summed E-state index contributed by atoms with van der Waals surface area (Å²) in [7, 11) is 3.53. The Balaban J connectivity index is 2.29. The first kappa shape index (κ1) is 17.2. The molecule has 7 nitrogen and oxygen atoms in total. The van der Waals surface area contributed by atoms with Crippen molar-refractivity contribution >= 4 is 16.9 Å². The summed E-state index contributed by atoms with van der Waals surface area (Å²) < 4.78 is 1.63. The van der Waals surface area contributed by atoms with Gasteiger partial charge in [0.1, 0.15) is 0 Å². The summed E-state index contributed by atoms with van der Waals surface area (Å²) in [5.41, 5.74) is 8.83. The average molecular weight is 319 g/mol. The second-order valence-corrected chi connectivity index (χ2v) is 6.09. The molecule has 2 aromatic rings. The molecule has 1 atom stereocenters. The summed E-state index contributed by atoms with van der Waals surface area (Å²) in [5, 5.41) is 3.33. The highest BCUT2D eigenvalue weighted by Gasteiger charge is 2.18. The van der Waals surface area contributed by atoms with Gasteiger partial charge in [-0.1, -0.05) is 0 Å². The number of rotatable bonds is 5. The third-order valence-electron chi connectivity index (χ3n) is 4.56. The molecule has 0 bridgehead atoms. The lowest BCUT2D eigenvalue weighted by Crippen LogP contribution is -2.39. The van der Waals surface area contributed by atoms with Gasteiger partial charge in [0.05, 0.1) is 5.39 Å². The van der Waals surface area contributed by atoms with Crippen LogP contribution in [-0.4, -0.2) is 45.2 Å². The predicted octanol–water partition coefficient (Wildman–Crippen LogP) is 0.617. The zero-order valence-electron chi connectivity index (χ0n) is 14.4. The van der Waals surface area contributed by atoms with E-state index >= 15 is 0 Å². The molecule has 0 saturated heterocycles. The minimum Gasteiger partial charge on any atom is -0.342 e. The van der Waals surface area contributed by atoms with Crippen LogP contribution in [0.5, 0.6) is 0 Å². The maximum Gasteiger partial charge on any atom is 0.273 e. The van der Waals surface area contributed by atoms with Gasteiger partial charge in [-0.05, 0) is 38.3 Å². The maximum atomic E-state index is 12.3. The molecule has 0 radical (unpaired) electrons. The fourth-order valence-electron chi connectivity index (χ4n) is 2.83. The van der Waals surface area contributed by atoms with Crippen molar-refractivity contribution in [3.05, 3.63) is 27.2 Å². The highest BCUT2D eigenvalue weighted by molar-refractivity contribution is 5.81. The van der Waals surface area contributed by atoms with Gasteiger partial charge < -0.3 is 10.6 Å². The summed E-state index contributed by atoms with van der Waals surface area (Å²) in [4.78, 5) is 30.5. The fourth-order valence-corrected chi connectivity index (χ4v) is 2.83. The molecular formula is C16H25N5O2. The zero-order valence-corrected chi connectivity index (χ0v) is 14.4. The minimum absolute atomic E-state index is 0.0160. The van der Waals surface area contributed by atoms with Crippen LogP contribution in [0, 0.1) is 13.8 Å². The van der Waals surface area contributed by atoms with Gasteiger partial charge >= 0.3 is 0 Å². The normalized spacial score (nSPS) is 12.6. The van der Waals surface area contributed by atoms with Gasteiger partial charge in [-0.15, -0.1) is 0 Å². The van der Waals surface area contributed by atoms with Crippen LogP contribution >= 0.6 is 0 Å². The SMILES string of the molecule is Cc1nc2c(c(C)c1CCC(=O)N(C)C(C)CN)c(=O)[nH]n2C. The fraction of sp³-hybridized carbons (Fsp3) is 0.562. The summed E-state index contributed by atoms with van der Waals surface area (Å²) in [6.07, 6.45) is 0.940. The number of hydrogen-bond acceptors (Lipinski definition) is 4. The number of likely N-dealkylation sites (N-methyl/N-ethyl adjacent to an activating group) is 1. The van der Waals surface area contributed by atoms with Crippen LogP contribution in [-0.2, 0) is 18.3 Å². The average Bonchev–Trinajstić information content (AvgIpc) is 2.79. The van der Waals surface area contributed by atoms with Crippen molar-refractivity contribution in [2.45, 2.75) is 39.7 Å². The Morgan fingerprint density at radius 2 is 2.09 bits per heavy atom. The molecule has 0 saturated carbocycles. The summed E-state index contributed by atoms with van der Waals surface area (Å²) in [6.45, 7) is 6.19. The highest BCUT2D eigenvalue weighted by atomic mass is 16.2. The smallest absolute Gasteiger partial charge is 0.273 e. The van der Waals surface area contributed by atoms with Crippen LogP contribution in [0.4, 0.5) is 0 Å². The molecule has 2 heterocycles. The Hall–Kier alpha value is -2.15. The van der Waals surface area contributed by atoms with Gasteiger partial charge in [-0.2, -0.15) is 0 Å². The van der Waals surface area contributed by atoms with Crippen molar-refractivity contribution in [1.29, 1.82) is 0 Å². The van der Waals surface area contributed by atoms with Crippen molar-refractivity contribution in [3.63, 3.8) is 0 Å². The van der Waals surface area contributed by atoms with E-state index in [4.69, 9.17) is 5.73 Å². The number of pyridine rings is 1. The van der Waals surface area contributed by atoms with Gasteiger partial charge in [-0.3, -0.25) is 19.4 Å². The lowest BCUT2D eigenvalue weighted by atomic mass is 10.00. The Morgan fingerprint density at radius 1 is 1.43 bits per heavy atom. The largest absolute Gasteiger partial charge is 0.342 e. The Morgan fingerprint density at radius 3 is 2.70 bits per heavy atom. The van der Waals surface area contributed by atoms with Crippen LogP contribution in [0.3, 0.4) is 0 Å². The molecule has 0 fully saturated rings. The number of carbonyl (C=O) groups excluding carboxylic acids is 1. The lowest BCUT2D eigenvalue weighted by molar-refractivity contribution is -0.131. The van der Waals surface area contributed by atoms with E-state index in [0.717, 1.165) is 16.8 Å². The molecule has 0 spiro atoms. The molecule has 2 aromatic heterocycles. The van der Waals surface area contributed by atoms with Crippen LogP contribution in [0.2, 0.25) is 0 Å². The number of amides is 1. The standard InChI is InChI=1S/C16H25N5O2/c1-9(8-17)20(4)13(22)7-6-12-10(2)14-15(18-11(12)3)21(5)19-16(14)23/h9H,6-8,17H2,1-5H3,(H,19,23). The van der Waals surface area contributed by atoms with Crippen LogP contribution in [0.15, 0.2) is 4.79 Å². The summed E-state index contributed by atoms with van der Waals surface area (Å²) in [5.74, 6) is 0.0452. The van der Waals surface area contributed by atoms with Crippen molar-refractivity contribution in [2.75, 3.05) is 13.6 Å². The van der Waals surface area contributed by atoms with Crippen molar-refractivity contribution in [3.8, 4) is 0 Å². The number of carbonyl (C=O) groups is 1. The minimum atomic E-state index is -0.144. The molecule has 0 aliphatic rings. The quantitative estimate of drug-likeness (QED) is 0.844. The third-order valence-corrected chi connectivity index (χ3v) is 4.56. The van der Waals surface area contributed by atoms with Crippen LogP contribution in [0.1, 0.15) is 30.2 Å². The number of nitrogens with zero attached hydrogens (tertiary/aromatic N) is 3. The maximum absolute atomic E-state index is 12.3. The Labute approximate surface area is 135 Å². The number of H-pyrrole nitrogens is 1. The zero-order chi connectivity index (χ0) is 17.3.